The third-order valence-corrected chi connectivity index (χ3v) is 5.97. The minimum Gasteiger partial charge on any atom is -0.490 e. The number of rotatable bonds is 14. The van der Waals surface area contributed by atoms with Crippen LogP contribution in [-0.4, -0.2) is 71.0 Å². The quantitative estimate of drug-likeness (QED) is 0.183. The number of amides is 1. The number of ether oxygens (including phenoxy) is 6. The van der Waals surface area contributed by atoms with Crippen LogP contribution < -0.4 is 14.8 Å². The molecule has 1 unspecified atom stereocenters. The molecule has 1 N–H and O–H groups in total. The van der Waals surface area contributed by atoms with Crippen LogP contribution in [-0.2, 0) is 36.6 Å². The second-order valence-electron chi connectivity index (χ2n) is 8.55. The van der Waals surface area contributed by atoms with Gasteiger partial charge in [-0.1, -0.05) is 30.8 Å². The van der Waals surface area contributed by atoms with Gasteiger partial charge in [0.25, 0.3) is 0 Å². The molecule has 194 valence electrons. The van der Waals surface area contributed by atoms with Gasteiger partial charge in [-0.25, -0.2) is 9.59 Å². The van der Waals surface area contributed by atoms with E-state index in [1.807, 2.05) is 24.3 Å². The largest absolute Gasteiger partial charge is 0.490 e. The Hall–Kier alpha value is -3.14. The zero-order valence-corrected chi connectivity index (χ0v) is 20.4. The Morgan fingerprint density at radius 1 is 0.972 bits per heavy atom. The summed E-state index contributed by atoms with van der Waals surface area (Å²) >= 11 is 0. The summed E-state index contributed by atoms with van der Waals surface area (Å²) < 4.78 is 33.0. The van der Waals surface area contributed by atoms with Crippen molar-refractivity contribution < 1.29 is 38.0 Å². The van der Waals surface area contributed by atoms with Crippen LogP contribution in [0, 0.1) is 0 Å². The van der Waals surface area contributed by atoms with E-state index in [0.29, 0.717) is 38.7 Å². The molecular formula is C27H33NO8. The van der Waals surface area contributed by atoms with Crippen LogP contribution in [0.25, 0.3) is 10.8 Å². The lowest BCUT2D eigenvalue weighted by Crippen LogP contribution is -2.31. The van der Waals surface area contributed by atoms with Crippen LogP contribution in [0.4, 0.5) is 4.79 Å². The molecule has 1 heterocycles. The highest BCUT2D eigenvalue weighted by molar-refractivity contribution is 5.97. The van der Waals surface area contributed by atoms with Crippen LogP contribution in [0.15, 0.2) is 36.9 Å². The summed E-state index contributed by atoms with van der Waals surface area (Å²) in [6.07, 6.45) is 4.61. The first-order valence-corrected chi connectivity index (χ1v) is 12.4. The molecule has 4 rings (SSSR count). The van der Waals surface area contributed by atoms with E-state index in [-0.39, 0.29) is 19.3 Å². The normalized spacial score (nSPS) is 16.2. The summed E-state index contributed by atoms with van der Waals surface area (Å²) in [6, 6.07) is 7.89. The Bertz CT molecular complexity index is 1070. The van der Waals surface area contributed by atoms with Crippen molar-refractivity contribution in [2.75, 3.05) is 52.8 Å². The Morgan fingerprint density at radius 2 is 1.61 bits per heavy atom. The van der Waals surface area contributed by atoms with Crippen LogP contribution in [0.3, 0.4) is 0 Å². The number of fused-ring (bicyclic) bond motifs is 2. The van der Waals surface area contributed by atoms with Crippen molar-refractivity contribution in [1.82, 2.24) is 5.32 Å². The summed E-state index contributed by atoms with van der Waals surface area (Å²) in [7, 11) is 0. The molecule has 0 spiro atoms. The maximum atomic E-state index is 12.6. The van der Waals surface area contributed by atoms with Crippen molar-refractivity contribution in [2.24, 2.45) is 0 Å². The lowest BCUT2D eigenvalue weighted by atomic mass is 9.87. The first-order chi connectivity index (χ1) is 17.7. The SMILES string of the molecule is C=CC(=O)OCCOCCOCCNC(=O)Oc1c2c(c(OCC3CO3)c3ccccc13)CCCC2. The third kappa shape index (κ3) is 7.19. The van der Waals surface area contributed by atoms with E-state index in [4.69, 9.17) is 28.4 Å². The van der Waals surface area contributed by atoms with Gasteiger partial charge in [0.15, 0.2) is 0 Å². The molecule has 0 bridgehead atoms. The van der Waals surface area contributed by atoms with E-state index in [1.54, 1.807) is 0 Å². The van der Waals surface area contributed by atoms with Gasteiger partial charge in [0.05, 0.1) is 33.0 Å². The van der Waals surface area contributed by atoms with E-state index >= 15 is 0 Å². The Balaban J connectivity index is 1.27. The molecule has 2 aliphatic rings. The highest BCUT2D eigenvalue weighted by Gasteiger charge is 2.28. The molecule has 1 amide bonds. The fourth-order valence-corrected chi connectivity index (χ4v) is 4.17. The minimum atomic E-state index is -0.517. The molecule has 1 fully saturated rings. The van der Waals surface area contributed by atoms with Crippen molar-refractivity contribution in [3.8, 4) is 11.5 Å². The molecule has 36 heavy (non-hydrogen) atoms. The average Bonchev–Trinajstić information content (AvgIpc) is 3.73. The number of esters is 1. The minimum absolute atomic E-state index is 0.165. The molecule has 1 aliphatic heterocycles. The van der Waals surface area contributed by atoms with Gasteiger partial charge in [0, 0.05) is 34.5 Å². The van der Waals surface area contributed by atoms with Crippen molar-refractivity contribution in [3.63, 3.8) is 0 Å². The Labute approximate surface area is 210 Å². The molecule has 0 saturated carbocycles. The van der Waals surface area contributed by atoms with Gasteiger partial charge in [0.1, 0.15) is 30.8 Å². The first-order valence-electron chi connectivity index (χ1n) is 12.4. The summed E-state index contributed by atoms with van der Waals surface area (Å²) in [6.45, 7) is 6.38. The van der Waals surface area contributed by atoms with Gasteiger partial charge in [-0.3, -0.25) is 0 Å². The van der Waals surface area contributed by atoms with Crippen LogP contribution in [0.1, 0.15) is 24.0 Å². The highest BCUT2D eigenvalue weighted by atomic mass is 16.6. The van der Waals surface area contributed by atoms with Gasteiger partial charge in [-0.15, -0.1) is 0 Å². The molecule has 0 radical (unpaired) electrons. The van der Waals surface area contributed by atoms with E-state index in [2.05, 4.69) is 11.9 Å². The van der Waals surface area contributed by atoms with Gasteiger partial charge < -0.3 is 33.7 Å². The smallest absolute Gasteiger partial charge is 0.412 e. The standard InChI is InChI=1S/C27H33NO8/c1-2-24(29)33-16-15-32-14-13-31-12-11-28-27(30)36-26-22-9-5-3-7-20(22)25(35-18-19-17-34-19)21-8-4-6-10-23(21)26/h2-3,5,7,9,19H,1,4,6,8,10-18H2,(H,28,30). The lowest BCUT2D eigenvalue weighted by Gasteiger charge is -2.25. The monoisotopic (exact) mass is 499 g/mol. The van der Waals surface area contributed by atoms with E-state index in [9.17, 15) is 9.59 Å². The molecule has 1 aliphatic carbocycles. The second-order valence-corrected chi connectivity index (χ2v) is 8.55. The number of nitrogens with one attached hydrogen (secondary N) is 1. The van der Waals surface area contributed by atoms with Gasteiger partial charge in [-0.05, 0) is 25.7 Å². The fourth-order valence-electron chi connectivity index (χ4n) is 4.17. The molecule has 2 aromatic carbocycles. The molecule has 0 aromatic heterocycles. The van der Waals surface area contributed by atoms with Crippen molar-refractivity contribution in [1.29, 1.82) is 0 Å². The van der Waals surface area contributed by atoms with Crippen LogP contribution >= 0.6 is 0 Å². The summed E-state index contributed by atoms with van der Waals surface area (Å²) in [4.78, 5) is 23.5. The zero-order valence-electron chi connectivity index (χ0n) is 20.4. The molecule has 9 nitrogen and oxygen atoms in total. The van der Waals surface area contributed by atoms with E-state index in [0.717, 1.165) is 66.0 Å². The Morgan fingerprint density at radius 3 is 2.31 bits per heavy atom. The summed E-state index contributed by atoms with van der Waals surface area (Å²) in [5.41, 5.74) is 2.18. The van der Waals surface area contributed by atoms with Crippen molar-refractivity contribution in [3.05, 3.63) is 48.0 Å². The van der Waals surface area contributed by atoms with Crippen molar-refractivity contribution >= 4 is 22.8 Å². The number of carbonyl (C=O) groups is 2. The predicted molar refractivity (Wildman–Crippen MR) is 133 cm³/mol. The predicted octanol–water partition coefficient (Wildman–Crippen LogP) is 3.35. The van der Waals surface area contributed by atoms with Crippen LogP contribution in [0.2, 0.25) is 0 Å². The number of hydrogen-bond donors (Lipinski definition) is 1. The third-order valence-electron chi connectivity index (χ3n) is 5.97. The van der Waals surface area contributed by atoms with Crippen LogP contribution in [0.5, 0.6) is 11.5 Å². The molecule has 1 saturated heterocycles. The molecule has 9 heteroatoms. The average molecular weight is 500 g/mol. The molecule has 1 atom stereocenters. The molecular weight excluding hydrogens is 466 g/mol. The lowest BCUT2D eigenvalue weighted by molar-refractivity contribution is -0.139. The fraction of sp³-hybridized carbons (Fsp3) is 0.481. The number of benzene rings is 2. The summed E-state index contributed by atoms with van der Waals surface area (Å²) in [5.74, 6) is 1.02. The van der Waals surface area contributed by atoms with Gasteiger partial charge >= 0.3 is 12.1 Å². The van der Waals surface area contributed by atoms with Crippen molar-refractivity contribution in [2.45, 2.75) is 31.8 Å². The topological polar surface area (TPSA) is 105 Å². The highest BCUT2D eigenvalue weighted by Crippen LogP contribution is 2.44. The Kier molecular flexibility index (Phi) is 9.54. The summed E-state index contributed by atoms with van der Waals surface area (Å²) in [5, 5.41) is 4.57. The van der Waals surface area contributed by atoms with E-state index in [1.165, 1.54) is 0 Å². The van der Waals surface area contributed by atoms with Gasteiger partial charge in [0.2, 0.25) is 0 Å². The maximum Gasteiger partial charge on any atom is 0.412 e. The number of epoxide rings is 1. The second kappa shape index (κ2) is 13.2. The first kappa shape index (κ1) is 25.9. The maximum absolute atomic E-state index is 12.6. The number of carbonyl (C=O) groups excluding carboxylic acids is 2. The molecule has 2 aromatic rings. The number of hydrogen-bond acceptors (Lipinski definition) is 8. The zero-order chi connectivity index (χ0) is 25.2. The van der Waals surface area contributed by atoms with Gasteiger partial charge in [-0.2, -0.15) is 0 Å². The van der Waals surface area contributed by atoms with E-state index < -0.39 is 12.1 Å².